The topological polar surface area (TPSA) is 91.2 Å². The minimum Gasteiger partial charge on any atom is -0.476 e. The number of benzene rings is 1. The zero-order valence-corrected chi connectivity index (χ0v) is 19.0. The maximum Gasteiger partial charge on any atom is 0.328 e. The van der Waals surface area contributed by atoms with E-state index in [1.54, 1.807) is 18.6 Å². The maximum absolute atomic E-state index is 12.2. The number of anilines is 1. The number of carbonyl (C=O) groups is 1. The normalized spacial score (nSPS) is 13.6. The molecule has 0 saturated carbocycles. The lowest BCUT2D eigenvalue weighted by atomic mass is 10.1. The van der Waals surface area contributed by atoms with Crippen molar-refractivity contribution in [2.45, 2.75) is 58.7 Å². The molecule has 0 saturated heterocycles. The van der Waals surface area contributed by atoms with Gasteiger partial charge in [0, 0.05) is 30.2 Å². The summed E-state index contributed by atoms with van der Waals surface area (Å²) in [6, 6.07) is 8.78. The molecule has 0 atom stereocenters. The molecule has 32 heavy (non-hydrogen) atoms. The third kappa shape index (κ3) is 5.25. The second kappa shape index (κ2) is 8.98. The molecule has 4 rings (SSSR count). The first-order valence-corrected chi connectivity index (χ1v) is 10.9. The summed E-state index contributed by atoms with van der Waals surface area (Å²) in [6.45, 7) is 7.85. The highest BCUT2D eigenvalue weighted by Gasteiger charge is 2.22. The van der Waals surface area contributed by atoms with Gasteiger partial charge in [-0.3, -0.25) is 9.48 Å². The summed E-state index contributed by atoms with van der Waals surface area (Å²) in [5, 5.41) is 7.82. The molecule has 2 heterocycles. The van der Waals surface area contributed by atoms with E-state index in [9.17, 15) is 4.79 Å². The summed E-state index contributed by atoms with van der Waals surface area (Å²) in [5.74, 6) is 0.667. The maximum atomic E-state index is 12.2. The molecular weight excluding hydrogens is 406 g/mol. The van der Waals surface area contributed by atoms with E-state index >= 15 is 0 Å². The van der Waals surface area contributed by atoms with Gasteiger partial charge in [0.25, 0.3) is 0 Å². The average molecular weight is 436 g/mol. The molecule has 0 aliphatic heterocycles. The van der Waals surface area contributed by atoms with Gasteiger partial charge in [-0.15, -0.1) is 5.10 Å². The Hall–Kier alpha value is -3.42. The van der Waals surface area contributed by atoms with Crippen LogP contribution in [0.2, 0.25) is 0 Å². The second-order valence-electron chi connectivity index (χ2n) is 8.88. The van der Waals surface area contributed by atoms with Crippen molar-refractivity contribution in [2.24, 2.45) is 0 Å². The SMILES string of the molecule is CCOc1nn(CC(=O)OC(C)(C)C)cc1-c1cnc(NC2Cc3ccccc3C2)nc1. The molecule has 168 valence electrons. The van der Waals surface area contributed by atoms with Crippen LogP contribution in [0.25, 0.3) is 11.1 Å². The smallest absolute Gasteiger partial charge is 0.328 e. The molecule has 8 heteroatoms. The Bertz CT molecular complexity index is 1060. The van der Waals surface area contributed by atoms with Crippen molar-refractivity contribution in [3.63, 3.8) is 0 Å². The lowest BCUT2D eigenvalue weighted by Crippen LogP contribution is -2.26. The zero-order valence-electron chi connectivity index (χ0n) is 19.0. The molecule has 0 fully saturated rings. The Balaban J connectivity index is 1.46. The number of nitrogens with zero attached hydrogens (tertiary/aromatic N) is 4. The molecular formula is C24H29N5O3. The molecule has 0 radical (unpaired) electrons. The van der Waals surface area contributed by atoms with Crippen LogP contribution in [0.3, 0.4) is 0 Å². The van der Waals surface area contributed by atoms with Crippen LogP contribution in [0.5, 0.6) is 5.88 Å². The van der Waals surface area contributed by atoms with E-state index in [2.05, 4.69) is 44.6 Å². The summed E-state index contributed by atoms with van der Waals surface area (Å²) in [4.78, 5) is 21.2. The Kier molecular flexibility index (Phi) is 6.12. The van der Waals surface area contributed by atoms with Crippen LogP contribution in [-0.2, 0) is 28.9 Å². The van der Waals surface area contributed by atoms with Crippen LogP contribution in [0.4, 0.5) is 5.95 Å². The molecule has 0 spiro atoms. The van der Waals surface area contributed by atoms with Gasteiger partial charge < -0.3 is 14.8 Å². The van der Waals surface area contributed by atoms with Crippen molar-refractivity contribution < 1.29 is 14.3 Å². The van der Waals surface area contributed by atoms with Crippen LogP contribution in [-0.4, -0.2) is 44.0 Å². The van der Waals surface area contributed by atoms with Crippen molar-refractivity contribution in [3.8, 4) is 17.0 Å². The summed E-state index contributed by atoms with van der Waals surface area (Å²) in [7, 11) is 0. The van der Waals surface area contributed by atoms with Gasteiger partial charge in [0.15, 0.2) is 0 Å². The van der Waals surface area contributed by atoms with Crippen molar-refractivity contribution in [1.82, 2.24) is 19.7 Å². The summed E-state index contributed by atoms with van der Waals surface area (Å²) < 4.78 is 12.6. The van der Waals surface area contributed by atoms with Crippen LogP contribution >= 0.6 is 0 Å². The summed E-state index contributed by atoms with van der Waals surface area (Å²) in [6.07, 6.45) is 7.18. The van der Waals surface area contributed by atoms with Gasteiger partial charge in [-0.2, -0.15) is 0 Å². The lowest BCUT2D eigenvalue weighted by Gasteiger charge is -2.19. The van der Waals surface area contributed by atoms with Crippen LogP contribution in [0.1, 0.15) is 38.8 Å². The van der Waals surface area contributed by atoms with Gasteiger partial charge >= 0.3 is 5.97 Å². The van der Waals surface area contributed by atoms with Crippen LogP contribution in [0, 0.1) is 0 Å². The number of carbonyl (C=O) groups excluding carboxylic acids is 1. The number of esters is 1. The molecule has 0 unspecified atom stereocenters. The molecule has 1 aliphatic rings. The number of rotatable bonds is 7. The van der Waals surface area contributed by atoms with Crippen molar-refractivity contribution in [1.29, 1.82) is 0 Å². The fraction of sp³-hybridized carbons (Fsp3) is 0.417. The largest absolute Gasteiger partial charge is 0.476 e. The number of fused-ring (bicyclic) bond motifs is 1. The van der Waals surface area contributed by atoms with Crippen molar-refractivity contribution in [3.05, 3.63) is 54.0 Å². The van der Waals surface area contributed by atoms with Gasteiger partial charge in [0.1, 0.15) is 12.1 Å². The van der Waals surface area contributed by atoms with E-state index in [-0.39, 0.29) is 18.6 Å². The third-order valence-electron chi connectivity index (χ3n) is 5.07. The highest BCUT2D eigenvalue weighted by atomic mass is 16.6. The number of hydrogen-bond acceptors (Lipinski definition) is 7. The van der Waals surface area contributed by atoms with Gasteiger partial charge in [-0.05, 0) is 51.7 Å². The van der Waals surface area contributed by atoms with E-state index in [1.165, 1.54) is 15.8 Å². The Morgan fingerprint density at radius 1 is 1.16 bits per heavy atom. The Morgan fingerprint density at radius 2 is 1.81 bits per heavy atom. The monoisotopic (exact) mass is 435 g/mol. The Morgan fingerprint density at radius 3 is 2.41 bits per heavy atom. The van der Waals surface area contributed by atoms with Crippen LogP contribution in [0.15, 0.2) is 42.9 Å². The quantitative estimate of drug-likeness (QED) is 0.566. The van der Waals surface area contributed by atoms with E-state index < -0.39 is 5.60 Å². The fourth-order valence-corrected chi connectivity index (χ4v) is 3.82. The standard InChI is InChI=1S/C24H29N5O3/c1-5-31-22-20(14-29(28-22)15-21(30)32-24(2,3)4)18-12-25-23(26-13-18)27-19-10-16-8-6-7-9-17(16)11-19/h6-9,12-14,19H,5,10-11,15H2,1-4H3,(H,25,26,27). The van der Waals surface area contributed by atoms with Gasteiger partial charge in [0.05, 0.1) is 12.2 Å². The number of nitrogens with one attached hydrogen (secondary N) is 1. The van der Waals surface area contributed by atoms with E-state index in [1.807, 2.05) is 27.7 Å². The molecule has 0 bridgehead atoms. The van der Waals surface area contributed by atoms with Gasteiger partial charge in [0.2, 0.25) is 11.8 Å². The number of hydrogen-bond donors (Lipinski definition) is 1. The van der Waals surface area contributed by atoms with Gasteiger partial charge in [-0.25, -0.2) is 9.97 Å². The molecule has 1 aromatic carbocycles. The van der Waals surface area contributed by atoms with Crippen molar-refractivity contribution in [2.75, 3.05) is 11.9 Å². The highest BCUT2D eigenvalue weighted by molar-refractivity contribution is 5.71. The van der Waals surface area contributed by atoms with Gasteiger partial charge in [-0.1, -0.05) is 24.3 Å². The molecule has 1 aliphatic carbocycles. The molecule has 1 N–H and O–H groups in total. The van der Waals surface area contributed by atoms with E-state index in [4.69, 9.17) is 9.47 Å². The molecule has 0 amide bonds. The summed E-state index contributed by atoms with van der Waals surface area (Å²) >= 11 is 0. The third-order valence-corrected chi connectivity index (χ3v) is 5.07. The lowest BCUT2D eigenvalue weighted by molar-refractivity contribution is -0.155. The minimum absolute atomic E-state index is 0.0000792. The second-order valence-corrected chi connectivity index (χ2v) is 8.88. The first kappa shape index (κ1) is 21.8. The first-order chi connectivity index (χ1) is 15.3. The number of aromatic nitrogens is 4. The predicted molar refractivity (Wildman–Crippen MR) is 122 cm³/mol. The molecule has 3 aromatic rings. The first-order valence-electron chi connectivity index (χ1n) is 10.9. The fourth-order valence-electron chi connectivity index (χ4n) is 3.82. The average Bonchev–Trinajstić information content (AvgIpc) is 3.30. The molecule has 2 aromatic heterocycles. The Labute approximate surface area is 188 Å². The minimum atomic E-state index is -0.548. The predicted octanol–water partition coefficient (Wildman–Crippen LogP) is 3.66. The highest BCUT2D eigenvalue weighted by Crippen LogP contribution is 2.29. The zero-order chi connectivity index (χ0) is 22.7. The van der Waals surface area contributed by atoms with E-state index in [0.29, 0.717) is 18.4 Å². The number of ether oxygens (including phenoxy) is 2. The van der Waals surface area contributed by atoms with E-state index in [0.717, 1.165) is 24.0 Å². The summed E-state index contributed by atoms with van der Waals surface area (Å²) in [5.41, 5.74) is 3.70. The molecule has 8 nitrogen and oxygen atoms in total. The van der Waals surface area contributed by atoms with Crippen molar-refractivity contribution >= 4 is 11.9 Å². The van der Waals surface area contributed by atoms with Crippen LogP contribution < -0.4 is 10.1 Å².